The molecule has 4 nitrogen and oxygen atoms in total. The molecule has 1 N–H and O–H groups in total. The highest BCUT2D eigenvalue weighted by atomic mass is 79.9. The van der Waals surface area contributed by atoms with Crippen molar-refractivity contribution in [2.75, 3.05) is 7.11 Å². The van der Waals surface area contributed by atoms with E-state index < -0.39 is 20.7 Å². The van der Waals surface area contributed by atoms with E-state index in [-0.39, 0.29) is 16.8 Å². The first-order valence-electron chi connectivity index (χ1n) is 5.60. The monoisotopic (exact) mass is 457 g/mol. The van der Waals surface area contributed by atoms with Crippen LogP contribution in [0.3, 0.4) is 0 Å². The van der Waals surface area contributed by atoms with Crippen LogP contribution in [0.4, 0.5) is 4.39 Å². The first-order valence-corrected chi connectivity index (χ1v) is 9.55. The van der Waals surface area contributed by atoms with Gasteiger partial charge in [-0.1, -0.05) is 0 Å². The number of halogens is 3. The molecule has 2 rings (SSSR count). The molecular weight excluding hydrogens is 449 g/mol. The molecule has 0 bridgehead atoms. The molecule has 0 amide bonds. The van der Waals surface area contributed by atoms with E-state index in [9.17, 15) is 12.8 Å². The van der Waals surface area contributed by atoms with Gasteiger partial charge < -0.3 is 4.74 Å². The van der Waals surface area contributed by atoms with E-state index >= 15 is 0 Å². The number of hydrogen-bond acceptors (Lipinski definition) is 4. The van der Waals surface area contributed by atoms with Gasteiger partial charge in [-0.15, -0.1) is 11.3 Å². The molecule has 0 saturated carbocycles. The summed E-state index contributed by atoms with van der Waals surface area (Å²) in [5.74, 6) is -0.930. The Labute approximate surface area is 142 Å². The summed E-state index contributed by atoms with van der Waals surface area (Å²) in [6.45, 7) is 0.0652. The van der Waals surface area contributed by atoms with Gasteiger partial charge in [-0.25, -0.2) is 17.5 Å². The molecule has 0 aliphatic carbocycles. The lowest BCUT2D eigenvalue weighted by molar-refractivity contribution is 0.393. The van der Waals surface area contributed by atoms with Gasteiger partial charge in [0.15, 0.2) is 10.7 Å². The summed E-state index contributed by atoms with van der Waals surface area (Å²) >= 11 is 7.68. The van der Waals surface area contributed by atoms with Gasteiger partial charge >= 0.3 is 0 Å². The molecule has 0 radical (unpaired) electrons. The number of ether oxygens (including phenoxy) is 1. The zero-order chi connectivity index (χ0) is 15.6. The molecule has 1 aromatic carbocycles. The van der Waals surface area contributed by atoms with Crippen LogP contribution in [-0.4, -0.2) is 15.5 Å². The van der Waals surface area contributed by atoms with Crippen molar-refractivity contribution < 1.29 is 17.5 Å². The summed E-state index contributed by atoms with van der Waals surface area (Å²) in [5.41, 5.74) is 0. The largest absolute Gasteiger partial charge is 0.495 e. The lowest BCUT2D eigenvalue weighted by Crippen LogP contribution is -2.24. The molecule has 0 atom stereocenters. The van der Waals surface area contributed by atoms with Crippen molar-refractivity contribution in [3.63, 3.8) is 0 Å². The van der Waals surface area contributed by atoms with Gasteiger partial charge in [-0.2, -0.15) is 0 Å². The molecule has 0 spiro atoms. The zero-order valence-corrected chi connectivity index (χ0v) is 15.5. The minimum Gasteiger partial charge on any atom is -0.495 e. The fourth-order valence-corrected chi connectivity index (χ4v) is 4.84. The Morgan fingerprint density at radius 3 is 2.57 bits per heavy atom. The fourth-order valence-electron chi connectivity index (χ4n) is 1.61. The van der Waals surface area contributed by atoms with E-state index in [4.69, 9.17) is 4.74 Å². The van der Waals surface area contributed by atoms with Gasteiger partial charge in [0.05, 0.1) is 11.6 Å². The van der Waals surface area contributed by atoms with E-state index in [1.165, 1.54) is 30.6 Å². The molecule has 0 aliphatic rings. The van der Waals surface area contributed by atoms with Gasteiger partial charge in [-0.3, -0.25) is 0 Å². The standard InChI is InChI=1S/C12H10Br2FNO3S2/c1-19-9-3-2-8(14)11(15)12(9)21(17,18)16-6-10-7(13)4-5-20-10/h2-5,16H,6H2,1H3. The predicted molar refractivity (Wildman–Crippen MR) is 86.7 cm³/mol. The van der Waals surface area contributed by atoms with Crippen LogP contribution < -0.4 is 9.46 Å². The van der Waals surface area contributed by atoms with Crippen LogP contribution in [0.2, 0.25) is 0 Å². The summed E-state index contributed by atoms with van der Waals surface area (Å²) in [5, 5.41) is 1.83. The minimum atomic E-state index is -4.04. The summed E-state index contributed by atoms with van der Waals surface area (Å²) in [6, 6.07) is 4.60. The summed E-state index contributed by atoms with van der Waals surface area (Å²) in [4.78, 5) is 0.292. The van der Waals surface area contributed by atoms with E-state index in [0.717, 1.165) is 9.35 Å². The van der Waals surface area contributed by atoms with E-state index in [1.54, 1.807) is 0 Å². The smallest absolute Gasteiger partial charge is 0.247 e. The van der Waals surface area contributed by atoms with Crippen molar-refractivity contribution in [2.24, 2.45) is 0 Å². The maximum absolute atomic E-state index is 14.1. The number of nitrogens with one attached hydrogen (secondary N) is 1. The van der Waals surface area contributed by atoms with Gasteiger partial charge in [0.1, 0.15) is 5.75 Å². The third kappa shape index (κ3) is 3.65. The topological polar surface area (TPSA) is 55.4 Å². The third-order valence-corrected chi connectivity index (χ3v) is 6.60. The van der Waals surface area contributed by atoms with E-state index in [2.05, 4.69) is 36.6 Å². The molecule has 9 heteroatoms. The SMILES string of the molecule is COc1ccc(Br)c(F)c1S(=O)(=O)NCc1sccc1Br. The van der Waals surface area contributed by atoms with E-state index in [1.807, 2.05) is 11.4 Å². The number of sulfonamides is 1. The fraction of sp³-hybridized carbons (Fsp3) is 0.167. The van der Waals surface area contributed by atoms with Gasteiger partial charge in [0.2, 0.25) is 10.0 Å². The van der Waals surface area contributed by atoms with Crippen molar-refractivity contribution in [3.8, 4) is 5.75 Å². The minimum absolute atomic E-state index is 0.0477. The molecule has 0 fully saturated rings. The van der Waals surface area contributed by atoms with Crippen molar-refractivity contribution in [3.05, 3.63) is 43.2 Å². The Morgan fingerprint density at radius 2 is 2.00 bits per heavy atom. The Bertz CT molecular complexity index is 762. The Morgan fingerprint density at radius 1 is 1.29 bits per heavy atom. The second-order valence-corrected chi connectivity index (χ2v) is 8.32. The highest BCUT2D eigenvalue weighted by Gasteiger charge is 2.26. The number of thiophene rings is 1. The second-order valence-electron chi connectivity index (χ2n) is 3.91. The molecule has 0 aliphatic heterocycles. The Kier molecular flexibility index (Phi) is 5.42. The molecule has 1 aromatic heterocycles. The number of rotatable bonds is 5. The van der Waals surface area contributed by atoms with Gasteiger partial charge in [-0.05, 0) is 55.4 Å². The van der Waals surface area contributed by atoms with Gasteiger partial charge in [0.25, 0.3) is 0 Å². The summed E-state index contributed by atoms with van der Waals surface area (Å²) in [7, 11) is -2.75. The van der Waals surface area contributed by atoms with Gasteiger partial charge in [0, 0.05) is 15.9 Å². The van der Waals surface area contributed by atoms with Crippen LogP contribution in [0, 0.1) is 5.82 Å². The first kappa shape index (κ1) is 16.9. The van der Waals surface area contributed by atoms with Crippen LogP contribution in [0.15, 0.2) is 37.4 Å². The van der Waals surface area contributed by atoms with Crippen molar-refractivity contribution in [2.45, 2.75) is 11.4 Å². The highest BCUT2D eigenvalue weighted by Crippen LogP contribution is 2.32. The highest BCUT2D eigenvalue weighted by molar-refractivity contribution is 9.10. The first-order chi connectivity index (χ1) is 9.86. The molecule has 2 aromatic rings. The quantitative estimate of drug-likeness (QED) is 0.739. The van der Waals surface area contributed by atoms with Crippen LogP contribution in [0.5, 0.6) is 5.75 Å². The maximum Gasteiger partial charge on any atom is 0.247 e. The summed E-state index contributed by atoms with van der Waals surface area (Å²) < 4.78 is 47.0. The Hall–Kier alpha value is -0.480. The van der Waals surface area contributed by atoms with Crippen LogP contribution >= 0.6 is 43.2 Å². The number of benzene rings is 1. The molecule has 21 heavy (non-hydrogen) atoms. The number of hydrogen-bond donors (Lipinski definition) is 1. The van der Waals surface area contributed by atoms with Crippen molar-refractivity contribution >= 4 is 53.2 Å². The molecule has 1 heterocycles. The lowest BCUT2D eigenvalue weighted by atomic mass is 10.3. The lowest BCUT2D eigenvalue weighted by Gasteiger charge is -2.12. The second kappa shape index (κ2) is 6.74. The Balaban J connectivity index is 2.36. The summed E-state index contributed by atoms with van der Waals surface area (Å²) in [6.07, 6.45) is 0. The van der Waals surface area contributed by atoms with Crippen LogP contribution in [0.25, 0.3) is 0 Å². The van der Waals surface area contributed by atoms with Crippen molar-refractivity contribution in [1.29, 1.82) is 0 Å². The molecular formula is C12H10Br2FNO3S2. The van der Waals surface area contributed by atoms with Crippen molar-refractivity contribution in [1.82, 2.24) is 4.72 Å². The predicted octanol–water partition coefficient (Wildman–Crippen LogP) is 3.90. The maximum atomic E-state index is 14.1. The molecule has 0 saturated heterocycles. The zero-order valence-electron chi connectivity index (χ0n) is 10.7. The number of methoxy groups -OCH3 is 1. The third-order valence-electron chi connectivity index (χ3n) is 2.62. The average molecular weight is 459 g/mol. The average Bonchev–Trinajstić information content (AvgIpc) is 2.84. The van der Waals surface area contributed by atoms with Crippen LogP contribution in [-0.2, 0) is 16.6 Å². The normalized spacial score (nSPS) is 11.6. The van der Waals surface area contributed by atoms with Crippen LogP contribution in [0.1, 0.15) is 4.88 Å². The molecule has 0 unspecified atom stereocenters. The molecule has 114 valence electrons. The van der Waals surface area contributed by atoms with E-state index in [0.29, 0.717) is 0 Å².